The van der Waals surface area contributed by atoms with Crippen LogP contribution in [0.5, 0.6) is 0 Å². The molecule has 1 aromatic carbocycles. The second-order valence-corrected chi connectivity index (χ2v) is 7.17. The van der Waals surface area contributed by atoms with Gasteiger partial charge in [-0.3, -0.25) is 4.79 Å². The number of thiophene rings is 1. The Morgan fingerprint density at radius 1 is 1.33 bits per heavy atom. The summed E-state index contributed by atoms with van der Waals surface area (Å²) in [6.45, 7) is 8.30. The fraction of sp³-hybridized carbons (Fsp3) is 0.300. The molecule has 2 aromatic rings. The molecule has 2 rings (SSSR count). The molecule has 0 spiro atoms. The summed E-state index contributed by atoms with van der Waals surface area (Å²) < 4.78 is 0. The van der Waals surface area contributed by atoms with Crippen molar-refractivity contribution in [3.8, 4) is 6.07 Å². The standard InChI is InChI=1S/C20H22N2OS/c1-5-17-14(4)24-20(18(17)12-21)22-19(23)11-8-15-6-9-16(10-7-15)13(2)3/h6-11,13H,5H2,1-4H3,(H,22,23). The number of carbonyl (C=O) groups excluding carboxylic acids is 1. The van der Waals surface area contributed by atoms with E-state index in [-0.39, 0.29) is 5.91 Å². The van der Waals surface area contributed by atoms with Gasteiger partial charge in [-0.15, -0.1) is 11.3 Å². The molecule has 0 atom stereocenters. The lowest BCUT2D eigenvalue weighted by Gasteiger charge is -2.04. The van der Waals surface area contributed by atoms with Gasteiger partial charge in [0.2, 0.25) is 5.91 Å². The van der Waals surface area contributed by atoms with Crippen molar-refractivity contribution in [1.29, 1.82) is 5.26 Å². The van der Waals surface area contributed by atoms with E-state index in [1.807, 2.05) is 26.0 Å². The van der Waals surface area contributed by atoms with Gasteiger partial charge in [0.1, 0.15) is 11.1 Å². The Bertz CT molecular complexity index is 792. The summed E-state index contributed by atoms with van der Waals surface area (Å²) in [5, 5.41) is 12.8. The molecular weight excluding hydrogens is 316 g/mol. The Balaban J connectivity index is 2.10. The van der Waals surface area contributed by atoms with Gasteiger partial charge in [0.05, 0.1) is 5.56 Å². The normalized spacial score (nSPS) is 11.0. The molecule has 1 aromatic heterocycles. The highest BCUT2D eigenvalue weighted by molar-refractivity contribution is 7.16. The summed E-state index contributed by atoms with van der Waals surface area (Å²) in [6, 6.07) is 10.4. The highest BCUT2D eigenvalue weighted by Gasteiger charge is 2.15. The average molecular weight is 338 g/mol. The van der Waals surface area contributed by atoms with E-state index in [0.29, 0.717) is 16.5 Å². The molecule has 0 aliphatic heterocycles. The SMILES string of the molecule is CCc1c(C)sc(NC(=O)C=Cc2ccc(C(C)C)cc2)c1C#N. The number of hydrogen-bond donors (Lipinski definition) is 1. The van der Waals surface area contributed by atoms with Gasteiger partial charge < -0.3 is 5.32 Å². The lowest BCUT2D eigenvalue weighted by atomic mass is 10.0. The van der Waals surface area contributed by atoms with Gasteiger partial charge in [0.15, 0.2) is 0 Å². The van der Waals surface area contributed by atoms with Crippen LogP contribution in [0, 0.1) is 18.3 Å². The van der Waals surface area contributed by atoms with Crippen LogP contribution in [0.25, 0.3) is 6.08 Å². The summed E-state index contributed by atoms with van der Waals surface area (Å²) in [7, 11) is 0. The van der Waals surface area contributed by atoms with Crippen molar-refractivity contribution >= 4 is 28.3 Å². The molecule has 0 aliphatic carbocycles. The van der Waals surface area contributed by atoms with Crippen molar-refractivity contribution in [3.05, 3.63) is 57.5 Å². The molecule has 0 bridgehead atoms. The van der Waals surface area contributed by atoms with E-state index < -0.39 is 0 Å². The molecule has 1 heterocycles. The summed E-state index contributed by atoms with van der Waals surface area (Å²) in [5.41, 5.74) is 3.86. The summed E-state index contributed by atoms with van der Waals surface area (Å²) >= 11 is 1.46. The zero-order valence-electron chi connectivity index (χ0n) is 14.5. The van der Waals surface area contributed by atoms with Crippen molar-refractivity contribution in [2.24, 2.45) is 0 Å². The fourth-order valence-electron chi connectivity index (χ4n) is 2.53. The molecule has 124 valence electrons. The smallest absolute Gasteiger partial charge is 0.249 e. The maximum atomic E-state index is 12.1. The summed E-state index contributed by atoms with van der Waals surface area (Å²) in [6.07, 6.45) is 4.08. The monoisotopic (exact) mass is 338 g/mol. The third kappa shape index (κ3) is 4.12. The Hall–Kier alpha value is -2.38. The number of rotatable bonds is 5. The zero-order chi connectivity index (χ0) is 17.7. The number of amides is 1. The molecule has 0 radical (unpaired) electrons. The van der Waals surface area contributed by atoms with Crippen molar-refractivity contribution in [1.82, 2.24) is 0 Å². The van der Waals surface area contributed by atoms with Gasteiger partial charge in [0.25, 0.3) is 0 Å². The maximum absolute atomic E-state index is 12.1. The van der Waals surface area contributed by atoms with Crippen LogP contribution in [0.4, 0.5) is 5.00 Å². The second kappa shape index (κ2) is 7.94. The van der Waals surface area contributed by atoms with Crippen LogP contribution in [0.2, 0.25) is 0 Å². The van der Waals surface area contributed by atoms with Crippen molar-refractivity contribution in [2.45, 2.75) is 40.0 Å². The van der Waals surface area contributed by atoms with Crippen LogP contribution < -0.4 is 5.32 Å². The van der Waals surface area contributed by atoms with Gasteiger partial charge >= 0.3 is 0 Å². The van der Waals surface area contributed by atoms with Gasteiger partial charge in [-0.05, 0) is 42.0 Å². The van der Waals surface area contributed by atoms with Crippen molar-refractivity contribution in [2.75, 3.05) is 5.32 Å². The summed E-state index contributed by atoms with van der Waals surface area (Å²) in [4.78, 5) is 13.2. The van der Waals surface area contributed by atoms with Crippen molar-refractivity contribution in [3.63, 3.8) is 0 Å². The lowest BCUT2D eigenvalue weighted by Crippen LogP contribution is -2.07. The van der Waals surface area contributed by atoms with E-state index >= 15 is 0 Å². The molecule has 4 heteroatoms. The third-order valence-electron chi connectivity index (χ3n) is 3.94. The van der Waals surface area contributed by atoms with Crippen molar-refractivity contribution < 1.29 is 4.79 Å². The van der Waals surface area contributed by atoms with Crippen LogP contribution in [-0.4, -0.2) is 5.91 Å². The number of benzene rings is 1. The molecule has 0 fully saturated rings. The second-order valence-electron chi connectivity index (χ2n) is 5.95. The lowest BCUT2D eigenvalue weighted by molar-refractivity contribution is -0.111. The summed E-state index contributed by atoms with van der Waals surface area (Å²) in [5.74, 6) is 0.272. The highest BCUT2D eigenvalue weighted by atomic mass is 32.1. The Labute approximate surface area is 147 Å². The van der Waals surface area contributed by atoms with Crippen LogP contribution >= 0.6 is 11.3 Å². The van der Waals surface area contributed by atoms with E-state index in [0.717, 1.165) is 22.4 Å². The number of anilines is 1. The molecule has 1 N–H and O–H groups in total. The van der Waals surface area contributed by atoms with E-state index in [1.165, 1.54) is 23.0 Å². The first-order valence-corrected chi connectivity index (χ1v) is 8.89. The Kier molecular flexibility index (Phi) is 5.94. The van der Waals surface area contributed by atoms with Gasteiger partial charge in [-0.25, -0.2) is 0 Å². The predicted molar refractivity (Wildman–Crippen MR) is 101 cm³/mol. The zero-order valence-corrected chi connectivity index (χ0v) is 15.3. The fourth-order valence-corrected chi connectivity index (χ4v) is 3.63. The minimum atomic E-state index is -0.219. The Morgan fingerprint density at radius 3 is 2.54 bits per heavy atom. The molecule has 0 aliphatic rings. The molecule has 1 amide bonds. The largest absolute Gasteiger partial charge is 0.313 e. The van der Waals surface area contributed by atoms with Crippen LogP contribution in [0.1, 0.15) is 53.8 Å². The minimum absolute atomic E-state index is 0.219. The quantitative estimate of drug-likeness (QED) is 0.755. The van der Waals surface area contributed by atoms with Crippen LogP contribution in [-0.2, 0) is 11.2 Å². The van der Waals surface area contributed by atoms with Gasteiger partial charge in [0, 0.05) is 11.0 Å². The first kappa shape index (κ1) is 18.0. The average Bonchev–Trinajstić information content (AvgIpc) is 2.87. The molecule has 0 unspecified atom stereocenters. The molecule has 0 saturated carbocycles. The third-order valence-corrected chi connectivity index (χ3v) is 5.00. The first-order chi connectivity index (χ1) is 11.5. The number of aryl methyl sites for hydroxylation is 1. The predicted octanol–water partition coefficient (Wildman–Crippen LogP) is 5.27. The topological polar surface area (TPSA) is 52.9 Å². The number of nitrogens with zero attached hydrogens (tertiary/aromatic N) is 1. The number of nitriles is 1. The van der Waals surface area contributed by atoms with E-state index in [2.05, 4.69) is 37.4 Å². The first-order valence-electron chi connectivity index (χ1n) is 8.07. The molecule has 3 nitrogen and oxygen atoms in total. The molecular formula is C20H22N2OS. The van der Waals surface area contributed by atoms with Gasteiger partial charge in [-0.2, -0.15) is 5.26 Å². The van der Waals surface area contributed by atoms with Crippen LogP contribution in [0.3, 0.4) is 0 Å². The van der Waals surface area contributed by atoms with E-state index in [1.54, 1.807) is 6.08 Å². The van der Waals surface area contributed by atoms with E-state index in [9.17, 15) is 10.1 Å². The maximum Gasteiger partial charge on any atom is 0.249 e. The van der Waals surface area contributed by atoms with Gasteiger partial charge in [-0.1, -0.05) is 45.0 Å². The highest BCUT2D eigenvalue weighted by Crippen LogP contribution is 2.32. The Morgan fingerprint density at radius 2 is 2.00 bits per heavy atom. The molecule has 0 saturated heterocycles. The number of carbonyl (C=O) groups is 1. The minimum Gasteiger partial charge on any atom is -0.313 e. The molecule has 24 heavy (non-hydrogen) atoms. The number of hydrogen-bond acceptors (Lipinski definition) is 3. The number of nitrogens with one attached hydrogen (secondary N) is 1. The van der Waals surface area contributed by atoms with Crippen LogP contribution in [0.15, 0.2) is 30.3 Å². The van der Waals surface area contributed by atoms with E-state index in [4.69, 9.17) is 0 Å².